The predicted octanol–water partition coefficient (Wildman–Crippen LogP) is 11.0. The Labute approximate surface area is 267 Å². The minimum atomic E-state index is 0.0329. The van der Waals surface area contributed by atoms with Gasteiger partial charge in [0, 0.05) is 17.8 Å². The third-order valence-corrected chi connectivity index (χ3v) is 8.69. The van der Waals surface area contributed by atoms with Crippen molar-refractivity contribution in [2.45, 2.75) is 17.8 Å². The third kappa shape index (κ3) is 6.28. The highest BCUT2D eigenvalue weighted by molar-refractivity contribution is 5.53. The maximum Gasteiger partial charge on any atom is 0.0346 e. The van der Waals surface area contributed by atoms with Crippen LogP contribution in [0.5, 0.6) is 0 Å². The zero-order valence-corrected chi connectivity index (χ0v) is 25.2. The van der Waals surface area contributed by atoms with E-state index in [-0.39, 0.29) is 17.8 Å². The van der Waals surface area contributed by atoms with E-state index in [4.69, 9.17) is 0 Å². The lowest BCUT2D eigenvalue weighted by atomic mass is 9.76. The van der Waals surface area contributed by atoms with Crippen molar-refractivity contribution >= 4 is 0 Å². The summed E-state index contributed by atoms with van der Waals surface area (Å²) in [5, 5.41) is 0. The second-order valence-corrected chi connectivity index (χ2v) is 11.6. The molecule has 0 aliphatic rings. The largest absolute Gasteiger partial charge is 0.0622 e. The molecule has 0 spiro atoms. The first-order valence-corrected chi connectivity index (χ1v) is 15.7. The van der Waals surface area contributed by atoms with Crippen molar-refractivity contribution in [2.75, 3.05) is 0 Å². The molecule has 45 heavy (non-hydrogen) atoms. The molecule has 0 aromatic heterocycles. The van der Waals surface area contributed by atoms with Gasteiger partial charge in [0.15, 0.2) is 0 Å². The number of rotatable bonds is 9. The van der Waals surface area contributed by atoms with E-state index in [9.17, 15) is 0 Å². The van der Waals surface area contributed by atoms with E-state index in [1.165, 1.54) is 50.1 Å². The Morgan fingerprint density at radius 3 is 0.711 bits per heavy atom. The lowest BCUT2D eigenvalue weighted by Gasteiger charge is -2.27. The summed E-state index contributed by atoms with van der Waals surface area (Å²) in [6.07, 6.45) is 0. The predicted molar refractivity (Wildman–Crippen MR) is 187 cm³/mol. The van der Waals surface area contributed by atoms with E-state index >= 15 is 0 Å². The zero-order valence-electron chi connectivity index (χ0n) is 25.2. The Bertz CT molecular complexity index is 1550. The average molecular weight is 576 g/mol. The van der Waals surface area contributed by atoms with Crippen molar-refractivity contribution in [1.82, 2.24) is 0 Å². The number of hydrogen-bond acceptors (Lipinski definition) is 0. The van der Waals surface area contributed by atoms with Gasteiger partial charge in [-0.25, -0.2) is 0 Å². The van der Waals surface area contributed by atoms with Crippen molar-refractivity contribution in [3.05, 3.63) is 250 Å². The fourth-order valence-corrected chi connectivity index (χ4v) is 6.67. The molecular weight excluding hydrogens is 540 g/mol. The number of benzene rings is 7. The van der Waals surface area contributed by atoms with Crippen molar-refractivity contribution < 1.29 is 0 Å². The fourth-order valence-electron chi connectivity index (χ4n) is 6.67. The molecule has 0 amide bonds. The summed E-state index contributed by atoms with van der Waals surface area (Å²) in [7, 11) is 0. The molecule has 7 aromatic carbocycles. The van der Waals surface area contributed by atoms with Crippen LogP contribution in [0.4, 0.5) is 0 Å². The highest BCUT2D eigenvalue weighted by Crippen LogP contribution is 2.41. The highest BCUT2D eigenvalue weighted by Gasteiger charge is 2.26. The summed E-state index contributed by atoms with van der Waals surface area (Å²) in [5.41, 5.74) is 11.2. The van der Waals surface area contributed by atoms with Gasteiger partial charge in [-0.3, -0.25) is 0 Å². The minimum Gasteiger partial charge on any atom is -0.0622 e. The summed E-state index contributed by atoms with van der Waals surface area (Å²) in [6, 6.07) is 74.2. The molecule has 0 unspecified atom stereocenters. The normalized spacial score (nSPS) is 11.3. The van der Waals surface area contributed by atoms with E-state index in [1.807, 2.05) is 0 Å². The van der Waals surface area contributed by atoms with E-state index in [0.29, 0.717) is 0 Å². The Balaban J connectivity index is 1.52. The van der Waals surface area contributed by atoms with Gasteiger partial charge in [-0.2, -0.15) is 0 Å². The van der Waals surface area contributed by atoms with E-state index < -0.39 is 0 Å². The molecule has 0 atom stereocenters. The first kappa shape index (κ1) is 28.3. The van der Waals surface area contributed by atoms with Gasteiger partial charge in [-0.1, -0.05) is 194 Å². The van der Waals surface area contributed by atoms with Crippen LogP contribution in [-0.2, 0) is 0 Å². The molecule has 0 saturated heterocycles. The molecule has 7 aromatic rings. The van der Waals surface area contributed by atoms with Gasteiger partial charge in [0.05, 0.1) is 0 Å². The molecule has 7 rings (SSSR count). The van der Waals surface area contributed by atoms with Gasteiger partial charge in [0.2, 0.25) is 0 Å². The molecule has 0 fully saturated rings. The van der Waals surface area contributed by atoms with Crippen LogP contribution in [0.25, 0.3) is 0 Å². The van der Waals surface area contributed by atoms with Crippen LogP contribution in [0.3, 0.4) is 0 Å². The molecule has 1 radical (unpaired) electrons. The van der Waals surface area contributed by atoms with Crippen molar-refractivity contribution in [3.8, 4) is 0 Å². The quantitative estimate of drug-likeness (QED) is 0.150. The molecule has 0 aliphatic heterocycles. The lowest BCUT2D eigenvalue weighted by Crippen LogP contribution is -2.11. The van der Waals surface area contributed by atoms with Gasteiger partial charge in [0.25, 0.3) is 0 Å². The molecular formula is C45H35. The zero-order chi connectivity index (χ0) is 30.3. The Hall–Kier alpha value is -5.46. The molecule has 0 saturated carbocycles. The van der Waals surface area contributed by atoms with Crippen LogP contribution in [0.15, 0.2) is 194 Å². The molecule has 215 valence electrons. The van der Waals surface area contributed by atoms with Gasteiger partial charge in [-0.15, -0.1) is 0 Å². The summed E-state index contributed by atoms with van der Waals surface area (Å²) in [6.45, 7) is 0. The van der Waals surface area contributed by atoms with Crippen LogP contribution in [0.1, 0.15) is 67.8 Å². The molecule has 0 aliphatic carbocycles. The van der Waals surface area contributed by atoms with E-state index in [2.05, 4.69) is 200 Å². The third-order valence-electron chi connectivity index (χ3n) is 8.69. The second kappa shape index (κ2) is 13.5. The topological polar surface area (TPSA) is 0 Å². The van der Waals surface area contributed by atoms with Crippen LogP contribution in [0, 0.1) is 6.07 Å². The first-order chi connectivity index (χ1) is 22.3. The van der Waals surface area contributed by atoms with Crippen molar-refractivity contribution in [3.63, 3.8) is 0 Å². The Kier molecular flexibility index (Phi) is 8.47. The summed E-state index contributed by atoms with van der Waals surface area (Å²) < 4.78 is 0. The van der Waals surface area contributed by atoms with Crippen molar-refractivity contribution in [1.29, 1.82) is 0 Å². The average Bonchev–Trinajstić information content (AvgIpc) is 3.12. The summed E-state index contributed by atoms with van der Waals surface area (Å²) in [4.78, 5) is 0. The fraction of sp³-hybridized carbons (Fsp3) is 0.0667. The minimum absolute atomic E-state index is 0.0329. The van der Waals surface area contributed by atoms with Gasteiger partial charge >= 0.3 is 0 Å². The van der Waals surface area contributed by atoms with Gasteiger partial charge in [0.1, 0.15) is 0 Å². The monoisotopic (exact) mass is 575 g/mol. The van der Waals surface area contributed by atoms with Gasteiger partial charge < -0.3 is 0 Å². The molecule has 0 heterocycles. The van der Waals surface area contributed by atoms with Crippen LogP contribution in [-0.4, -0.2) is 0 Å². The second-order valence-electron chi connectivity index (χ2n) is 11.6. The molecule has 0 N–H and O–H groups in total. The SMILES string of the molecule is [c]1c(C(c2ccccc2)c2ccccc2)cc(C(c2ccccc2)c2ccccc2)cc1C(c1ccccc1)c1ccccc1. The molecule has 0 heteroatoms. The lowest BCUT2D eigenvalue weighted by molar-refractivity contribution is 0.903. The Morgan fingerprint density at radius 1 is 0.244 bits per heavy atom. The van der Waals surface area contributed by atoms with E-state index in [1.54, 1.807) is 0 Å². The Morgan fingerprint density at radius 2 is 0.467 bits per heavy atom. The van der Waals surface area contributed by atoms with Crippen LogP contribution < -0.4 is 0 Å². The van der Waals surface area contributed by atoms with E-state index in [0.717, 1.165) is 0 Å². The maximum atomic E-state index is 4.04. The summed E-state index contributed by atoms with van der Waals surface area (Å²) in [5.74, 6) is 0.134. The van der Waals surface area contributed by atoms with Crippen LogP contribution in [0.2, 0.25) is 0 Å². The highest BCUT2D eigenvalue weighted by atomic mass is 14.3. The number of hydrogen-bond donors (Lipinski definition) is 0. The van der Waals surface area contributed by atoms with Crippen molar-refractivity contribution in [2.24, 2.45) is 0 Å². The molecule has 0 nitrogen and oxygen atoms in total. The van der Waals surface area contributed by atoms with Crippen LogP contribution >= 0.6 is 0 Å². The first-order valence-electron chi connectivity index (χ1n) is 15.7. The smallest absolute Gasteiger partial charge is 0.0346 e. The summed E-state index contributed by atoms with van der Waals surface area (Å²) >= 11 is 0. The molecule has 0 bridgehead atoms. The maximum absolute atomic E-state index is 4.04. The standard InChI is InChI=1S/C45H35/c1-7-19-34(20-8-1)43(35-21-9-2-10-22-35)40-31-41(44(36-23-11-3-12-24-36)37-25-13-4-14-26-37)33-42(32-40)45(38-27-15-5-16-28-38)39-29-17-6-18-30-39/h1-32,43-45H. The van der Waals surface area contributed by atoms with Gasteiger partial charge in [-0.05, 0) is 56.1 Å².